The van der Waals surface area contributed by atoms with Gasteiger partial charge < -0.3 is 29.0 Å². The number of hydrogen-bond acceptors (Lipinski definition) is 8. The molecule has 10 nitrogen and oxygen atoms in total. The van der Waals surface area contributed by atoms with Gasteiger partial charge in [0.1, 0.15) is 11.6 Å². The fraction of sp³-hybridized carbons (Fsp3) is 0.778. The van der Waals surface area contributed by atoms with Crippen molar-refractivity contribution in [1.29, 1.82) is 0 Å². The molecule has 0 bridgehead atoms. The minimum atomic E-state index is -0.616. The number of alkyl carbamates (subject to hydrolysis) is 1. The second kappa shape index (κ2) is 11.8. The number of hydrogen-bond donors (Lipinski definition) is 1. The largest absolute Gasteiger partial charge is 0.498 e. The maximum absolute atomic E-state index is 13.1. The van der Waals surface area contributed by atoms with E-state index < -0.39 is 36.1 Å². The Labute approximate surface area is 227 Å². The lowest BCUT2D eigenvalue weighted by Crippen LogP contribution is -2.53. The first-order valence-corrected chi connectivity index (χ1v) is 13.7. The van der Waals surface area contributed by atoms with Gasteiger partial charge in [-0.15, -0.1) is 0 Å². The third-order valence-electron chi connectivity index (χ3n) is 7.46. The Morgan fingerprint density at radius 2 is 1.66 bits per heavy atom. The molecule has 2 aliphatic heterocycles. The van der Waals surface area contributed by atoms with Gasteiger partial charge in [0, 0.05) is 30.9 Å². The number of carbonyl (C=O) groups is 2. The molecule has 0 radical (unpaired) electrons. The van der Waals surface area contributed by atoms with Gasteiger partial charge in [0.15, 0.2) is 0 Å². The Morgan fingerprint density at radius 1 is 1.11 bits per heavy atom. The highest BCUT2D eigenvalue weighted by Crippen LogP contribution is 2.36. The molecular weight excluding hydrogens is 487 g/mol. The summed E-state index contributed by atoms with van der Waals surface area (Å²) in [4.78, 5) is 35.9. The van der Waals surface area contributed by atoms with Gasteiger partial charge in [-0.25, -0.2) is 14.8 Å². The normalized spacial score (nSPS) is 20.4. The molecule has 0 saturated carbocycles. The molecule has 2 aliphatic rings. The van der Waals surface area contributed by atoms with Crippen LogP contribution in [0.3, 0.4) is 0 Å². The fourth-order valence-corrected chi connectivity index (χ4v) is 4.41. The van der Waals surface area contributed by atoms with Gasteiger partial charge in [0.2, 0.25) is 5.91 Å². The minimum absolute atomic E-state index is 0.0442. The Hall–Kier alpha value is -2.40. The Balaban J connectivity index is 1.41. The van der Waals surface area contributed by atoms with E-state index >= 15 is 0 Å². The van der Waals surface area contributed by atoms with Crippen molar-refractivity contribution < 1.29 is 28.4 Å². The molecule has 11 heteroatoms. The van der Waals surface area contributed by atoms with E-state index in [-0.39, 0.29) is 11.8 Å². The lowest BCUT2D eigenvalue weighted by atomic mass is 9.81. The lowest BCUT2D eigenvalue weighted by molar-refractivity contribution is -0.136. The number of carbonyl (C=O) groups excluding carboxylic acids is 2. The maximum atomic E-state index is 13.1. The van der Waals surface area contributed by atoms with E-state index in [1.165, 1.54) is 0 Å². The van der Waals surface area contributed by atoms with Crippen LogP contribution in [0.5, 0.6) is 6.01 Å². The van der Waals surface area contributed by atoms with Gasteiger partial charge >= 0.3 is 19.2 Å². The summed E-state index contributed by atoms with van der Waals surface area (Å²) < 4.78 is 23.2. The number of piperidine rings is 1. The van der Waals surface area contributed by atoms with E-state index in [1.54, 1.807) is 33.2 Å². The number of rotatable bonds is 8. The average molecular weight is 532 g/mol. The first kappa shape index (κ1) is 30.2. The predicted octanol–water partition coefficient (Wildman–Crippen LogP) is 3.33. The molecule has 0 aromatic carbocycles. The second-order valence-corrected chi connectivity index (χ2v) is 12.7. The smallest absolute Gasteiger partial charge is 0.463 e. The number of likely N-dealkylation sites (tertiary alicyclic amines) is 1. The van der Waals surface area contributed by atoms with Crippen molar-refractivity contribution in [3.8, 4) is 6.01 Å². The van der Waals surface area contributed by atoms with Gasteiger partial charge in [-0.3, -0.25) is 4.79 Å². The van der Waals surface area contributed by atoms with Crippen molar-refractivity contribution >= 4 is 24.6 Å². The molecule has 1 unspecified atom stereocenters. The molecule has 38 heavy (non-hydrogen) atoms. The first-order chi connectivity index (χ1) is 17.6. The summed E-state index contributed by atoms with van der Waals surface area (Å²) in [5.74, 6) is 0.340. The number of nitrogens with zero attached hydrogens (tertiary/aromatic N) is 3. The molecule has 1 aromatic rings. The van der Waals surface area contributed by atoms with Gasteiger partial charge in [-0.2, -0.15) is 0 Å². The van der Waals surface area contributed by atoms with E-state index in [4.69, 9.17) is 18.8 Å². The van der Waals surface area contributed by atoms with Crippen LogP contribution in [0.1, 0.15) is 81.6 Å². The van der Waals surface area contributed by atoms with Crippen LogP contribution in [-0.2, 0) is 18.8 Å². The molecule has 3 heterocycles. The van der Waals surface area contributed by atoms with E-state index in [1.807, 2.05) is 46.4 Å². The highest BCUT2D eigenvalue weighted by atomic mass is 16.7. The van der Waals surface area contributed by atoms with Crippen molar-refractivity contribution in [1.82, 2.24) is 20.2 Å². The number of ether oxygens (including phenoxy) is 2. The van der Waals surface area contributed by atoms with Crippen molar-refractivity contribution in [2.24, 2.45) is 11.8 Å². The third kappa shape index (κ3) is 7.82. The van der Waals surface area contributed by atoms with Crippen LogP contribution < -0.4 is 15.5 Å². The molecule has 1 N–H and O–H groups in total. The summed E-state index contributed by atoms with van der Waals surface area (Å²) in [6, 6.07) is -0.284. The van der Waals surface area contributed by atoms with Gasteiger partial charge in [-0.05, 0) is 79.6 Å². The zero-order valence-corrected chi connectivity index (χ0v) is 24.5. The quantitative estimate of drug-likeness (QED) is 0.508. The zero-order chi connectivity index (χ0) is 28.3. The summed E-state index contributed by atoms with van der Waals surface area (Å²) in [7, 11) is -0.503. The second-order valence-electron chi connectivity index (χ2n) is 12.7. The summed E-state index contributed by atoms with van der Waals surface area (Å²) in [5, 5.41) is 2.76. The SMILES string of the molecule is CC(C)C(NC(=O)OC(C)(C)C)C(=O)N1CCC(CCOc2ncc(B3OC(C)(C)C(C)(C)O3)cn2)CC1. The molecule has 212 valence electrons. The third-order valence-corrected chi connectivity index (χ3v) is 7.46. The van der Waals surface area contributed by atoms with E-state index in [0.29, 0.717) is 31.6 Å². The van der Waals surface area contributed by atoms with Gasteiger partial charge in [0.25, 0.3) is 0 Å². The summed E-state index contributed by atoms with van der Waals surface area (Å²) >= 11 is 0. The predicted molar refractivity (Wildman–Crippen MR) is 145 cm³/mol. The Bertz CT molecular complexity index is 939. The van der Waals surface area contributed by atoms with Crippen molar-refractivity contribution in [3.05, 3.63) is 12.4 Å². The lowest BCUT2D eigenvalue weighted by Gasteiger charge is -2.35. The number of aromatic nitrogens is 2. The molecule has 2 saturated heterocycles. The fourth-order valence-electron chi connectivity index (χ4n) is 4.41. The summed E-state index contributed by atoms with van der Waals surface area (Å²) in [6.45, 7) is 19.1. The van der Waals surface area contributed by atoms with E-state index in [2.05, 4.69) is 15.3 Å². The van der Waals surface area contributed by atoms with Crippen molar-refractivity contribution in [2.45, 2.75) is 104 Å². The van der Waals surface area contributed by atoms with Crippen LogP contribution in [0.15, 0.2) is 12.4 Å². The van der Waals surface area contributed by atoms with Crippen LogP contribution in [0, 0.1) is 11.8 Å². The molecule has 3 rings (SSSR count). The van der Waals surface area contributed by atoms with Gasteiger partial charge in [-0.1, -0.05) is 13.8 Å². The van der Waals surface area contributed by atoms with Crippen LogP contribution in [0.4, 0.5) is 4.79 Å². The highest BCUT2D eigenvalue weighted by Gasteiger charge is 2.52. The van der Waals surface area contributed by atoms with Crippen LogP contribution in [-0.4, -0.2) is 76.5 Å². The minimum Gasteiger partial charge on any atom is -0.463 e. The molecule has 2 fully saturated rings. The highest BCUT2D eigenvalue weighted by molar-refractivity contribution is 6.61. The Kier molecular flexibility index (Phi) is 9.34. The van der Waals surface area contributed by atoms with E-state index in [0.717, 1.165) is 24.7 Å². The summed E-state index contributed by atoms with van der Waals surface area (Å²) in [6.07, 6.45) is 5.43. The summed E-state index contributed by atoms with van der Waals surface area (Å²) in [5.41, 5.74) is -0.696. The number of nitrogens with one attached hydrogen (secondary N) is 1. The van der Waals surface area contributed by atoms with Crippen molar-refractivity contribution in [3.63, 3.8) is 0 Å². The molecule has 0 spiro atoms. The first-order valence-electron chi connectivity index (χ1n) is 13.7. The van der Waals surface area contributed by atoms with Crippen LogP contribution >= 0.6 is 0 Å². The average Bonchev–Trinajstić information content (AvgIpc) is 3.03. The molecule has 1 atom stereocenters. The standard InChI is InChI=1S/C27H45BN4O6/c1-18(2)21(31-24(34)36-25(3,4)5)22(33)32-13-10-19(11-14-32)12-15-35-23-29-16-20(17-30-23)28-37-26(6,7)27(8,9)38-28/h16-19,21H,10-15H2,1-9H3,(H,31,34). The maximum Gasteiger partial charge on any atom is 0.498 e. The Morgan fingerprint density at radius 3 is 2.16 bits per heavy atom. The van der Waals surface area contributed by atoms with Crippen molar-refractivity contribution in [2.75, 3.05) is 19.7 Å². The van der Waals surface area contributed by atoms with Crippen LogP contribution in [0.25, 0.3) is 0 Å². The van der Waals surface area contributed by atoms with Crippen LogP contribution in [0.2, 0.25) is 0 Å². The molecule has 2 amide bonds. The molecular formula is C27H45BN4O6. The monoisotopic (exact) mass is 532 g/mol. The zero-order valence-electron chi connectivity index (χ0n) is 24.5. The topological polar surface area (TPSA) is 112 Å². The van der Waals surface area contributed by atoms with E-state index in [9.17, 15) is 9.59 Å². The number of amides is 2. The van der Waals surface area contributed by atoms with Gasteiger partial charge in [0.05, 0.1) is 17.8 Å². The molecule has 0 aliphatic carbocycles. The molecule has 1 aromatic heterocycles.